The van der Waals surface area contributed by atoms with Crippen LogP contribution in [0.4, 0.5) is 0 Å². The van der Waals surface area contributed by atoms with Crippen molar-refractivity contribution in [1.82, 2.24) is 14.5 Å². The van der Waals surface area contributed by atoms with Crippen molar-refractivity contribution in [2.45, 2.75) is 52.1 Å². The van der Waals surface area contributed by atoms with Crippen molar-refractivity contribution in [2.24, 2.45) is 0 Å². The molecule has 1 heterocycles. The summed E-state index contributed by atoms with van der Waals surface area (Å²) in [6, 6.07) is 5.90. The van der Waals surface area contributed by atoms with Crippen molar-refractivity contribution >= 4 is 5.91 Å². The summed E-state index contributed by atoms with van der Waals surface area (Å²) in [5.74, 6) is -0.224. The van der Waals surface area contributed by atoms with Crippen LogP contribution in [-0.4, -0.2) is 21.1 Å². The second-order valence-corrected chi connectivity index (χ2v) is 6.80. The van der Waals surface area contributed by atoms with Crippen molar-refractivity contribution in [3.63, 3.8) is 0 Å². The van der Waals surface area contributed by atoms with E-state index >= 15 is 0 Å². The topological polar surface area (TPSA) is 73.1 Å². The van der Waals surface area contributed by atoms with Crippen molar-refractivity contribution in [3.8, 4) is 5.69 Å². The van der Waals surface area contributed by atoms with Gasteiger partial charge in [-0.1, -0.05) is 18.9 Å². The number of carbonyl (C=O) groups is 1. The van der Waals surface area contributed by atoms with Gasteiger partial charge in [-0.3, -0.25) is 23.5 Å². The van der Waals surface area contributed by atoms with Gasteiger partial charge in [-0.05, 0) is 49.9 Å². The molecule has 1 aliphatic rings. The Morgan fingerprint density at radius 2 is 1.68 bits per heavy atom. The van der Waals surface area contributed by atoms with Crippen LogP contribution < -0.4 is 16.4 Å². The van der Waals surface area contributed by atoms with Gasteiger partial charge in [-0.25, -0.2) is 0 Å². The van der Waals surface area contributed by atoms with Crippen LogP contribution in [0.1, 0.15) is 36.8 Å². The lowest BCUT2D eigenvalue weighted by molar-refractivity contribution is -0.122. The molecule has 1 amide bonds. The lowest BCUT2D eigenvalue weighted by Crippen LogP contribution is -2.43. The van der Waals surface area contributed by atoms with Crippen LogP contribution in [0.15, 0.2) is 40.2 Å². The maximum Gasteiger partial charge on any atom is 0.320 e. The maximum atomic E-state index is 12.4. The highest BCUT2D eigenvalue weighted by Crippen LogP contribution is 2.17. The van der Waals surface area contributed by atoms with Crippen LogP contribution in [0.3, 0.4) is 0 Å². The fraction of sp³-hybridized carbons (Fsp3) is 0.421. The van der Waals surface area contributed by atoms with Crippen molar-refractivity contribution in [2.75, 3.05) is 0 Å². The third-order valence-corrected chi connectivity index (χ3v) is 4.58. The van der Waals surface area contributed by atoms with Gasteiger partial charge in [0.05, 0.1) is 0 Å². The number of amides is 1. The fourth-order valence-electron chi connectivity index (χ4n) is 3.42. The number of hydrogen-bond acceptors (Lipinski definition) is 3. The molecule has 0 aliphatic heterocycles. The third-order valence-electron chi connectivity index (χ3n) is 4.58. The van der Waals surface area contributed by atoms with E-state index in [9.17, 15) is 14.4 Å². The Morgan fingerprint density at radius 3 is 2.32 bits per heavy atom. The number of nitrogens with zero attached hydrogens (tertiary/aromatic N) is 2. The normalized spacial score (nSPS) is 14.6. The predicted molar refractivity (Wildman–Crippen MR) is 96.2 cm³/mol. The highest BCUT2D eigenvalue weighted by atomic mass is 16.2. The number of aromatic nitrogens is 2. The van der Waals surface area contributed by atoms with E-state index in [0.717, 1.165) is 36.8 Å². The number of nitrogens with one attached hydrogen (secondary N) is 1. The van der Waals surface area contributed by atoms with E-state index in [2.05, 4.69) is 5.32 Å². The zero-order chi connectivity index (χ0) is 18.0. The van der Waals surface area contributed by atoms with Gasteiger partial charge < -0.3 is 5.32 Å². The SMILES string of the molecule is Cc1cc(C)cc(-n2ccn(CC(=O)NC3CCCC3)c(=O)c2=O)c1. The molecule has 6 nitrogen and oxygen atoms in total. The summed E-state index contributed by atoms with van der Waals surface area (Å²) in [6.07, 6.45) is 7.24. The van der Waals surface area contributed by atoms with Crippen LogP contribution in [0.5, 0.6) is 0 Å². The van der Waals surface area contributed by atoms with Crippen LogP contribution >= 0.6 is 0 Å². The zero-order valence-corrected chi connectivity index (χ0v) is 14.6. The zero-order valence-electron chi connectivity index (χ0n) is 14.6. The monoisotopic (exact) mass is 341 g/mol. The summed E-state index contributed by atoms with van der Waals surface area (Å²) >= 11 is 0. The summed E-state index contributed by atoms with van der Waals surface area (Å²) in [7, 11) is 0. The largest absolute Gasteiger partial charge is 0.352 e. The van der Waals surface area contributed by atoms with Gasteiger partial charge >= 0.3 is 11.1 Å². The van der Waals surface area contributed by atoms with Gasteiger partial charge in [0.2, 0.25) is 5.91 Å². The minimum absolute atomic E-state index is 0.127. The van der Waals surface area contributed by atoms with Crippen molar-refractivity contribution < 1.29 is 4.79 Å². The van der Waals surface area contributed by atoms with Crippen LogP contribution in [0, 0.1) is 13.8 Å². The standard InChI is InChI=1S/C19H23N3O3/c1-13-9-14(2)11-16(10-13)22-8-7-21(18(24)19(22)25)12-17(23)20-15-5-3-4-6-15/h7-11,15H,3-6,12H2,1-2H3,(H,20,23). The molecule has 25 heavy (non-hydrogen) atoms. The molecule has 6 heteroatoms. The van der Waals surface area contributed by atoms with E-state index in [1.54, 1.807) is 6.20 Å². The average Bonchev–Trinajstić information content (AvgIpc) is 3.04. The van der Waals surface area contributed by atoms with Gasteiger partial charge in [0, 0.05) is 24.1 Å². The van der Waals surface area contributed by atoms with Gasteiger partial charge in [-0.2, -0.15) is 0 Å². The average molecular weight is 341 g/mol. The predicted octanol–water partition coefficient (Wildman–Crippen LogP) is 1.67. The molecule has 0 radical (unpaired) electrons. The molecule has 0 unspecified atom stereocenters. The summed E-state index contributed by atoms with van der Waals surface area (Å²) in [5.41, 5.74) is 1.34. The quantitative estimate of drug-likeness (QED) is 0.860. The molecule has 0 saturated heterocycles. The first-order chi connectivity index (χ1) is 11.9. The molecule has 1 fully saturated rings. The van der Waals surface area contributed by atoms with Crippen LogP contribution in [-0.2, 0) is 11.3 Å². The molecule has 1 saturated carbocycles. The second-order valence-electron chi connectivity index (χ2n) is 6.80. The second kappa shape index (κ2) is 7.09. The van der Waals surface area contributed by atoms with Gasteiger partial charge in [0.25, 0.3) is 0 Å². The van der Waals surface area contributed by atoms with Crippen LogP contribution in [0.25, 0.3) is 5.69 Å². The van der Waals surface area contributed by atoms with Crippen molar-refractivity contribution in [3.05, 3.63) is 62.4 Å². The number of carbonyl (C=O) groups excluding carboxylic acids is 1. The Bertz CT molecular complexity index is 885. The summed E-state index contributed by atoms with van der Waals surface area (Å²) < 4.78 is 2.50. The molecule has 2 aromatic rings. The Kier molecular flexibility index (Phi) is 4.88. The maximum absolute atomic E-state index is 12.4. The number of rotatable bonds is 4. The number of aryl methyl sites for hydroxylation is 2. The van der Waals surface area contributed by atoms with E-state index in [-0.39, 0.29) is 18.5 Å². The highest BCUT2D eigenvalue weighted by molar-refractivity contribution is 5.76. The molecular weight excluding hydrogens is 318 g/mol. The van der Waals surface area contributed by atoms with Gasteiger partial charge in [0.1, 0.15) is 6.54 Å². The lowest BCUT2D eigenvalue weighted by atomic mass is 10.1. The molecule has 3 rings (SSSR count). The summed E-state index contributed by atoms with van der Waals surface area (Å²) in [4.78, 5) is 36.9. The third kappa shape index (κ3) is 3.90. The van der Waals surface area contributed by atoms with Gasteiger partial charge in [-0.15, -0.1) is 0 Å². The highest BCUT2D eigenvalue weighted by Gasteiger charge is 2.18. The molecule has 1 N–H and O–H groups in total. The Labute approximate surface area is 146 Å². The molecule has 1 aliphatic carbocycles. The molecular formula is C19H23N3O3. The van der Waals surface area contributed by atoms with E-state index in [1.807, 2.05) is 32.0 Å². The molecule has 0 bridgehead atoms. The van der Waals surface area contributed by atoms with Gasteiger partial charge in [0.15, 0.2) is 0 Å². The smallest absolute Gasteiger partial charge is 0.320 e. The Morgan fingerprint density at radius 1 is 1.04 bits per heavy atom. The first-order valence-electron chi connectivity index (χ1n) is 8.64. The van der Waals surface area contributed by atoms with E-state index in [0.29, 0.717) is 5.69 Å². The molecule has 1 aromatic heterocycles. The first kappa shape index (κ1) is 17.2. The molecule has 132 valence electrons. The Balaban J connectivity index is 1.84. The van der Waals surface area contributed by atoms with E-state index < -0.39 is 11.1 Å². The number of hydrogen-bond donors (Lipinski definition) is 1. The van der Waals surface area contributed by atoms with E-state index in [1.165, 1.54) is 15.3 Å². The fourth-order valence-corrected chi connectivity index (χ4v) is 3.42. The first-order valence-corrected chi connectivity index (χ1v) is 8.64. The number of benzene rings is 1. The summed E-state index contributed by atoms with van der Waals surface area (Å²) in [5, 5.41) is 2.93. The summed E-state index contributed by atoms with van der Waals surface area (Å²) in [6.45, 7) is 3.75. The minimum Gasteiger partial charge on any atom is -0.352 e. The molecule has 0 spiro atoms. The van der Waals surface area contributed by atoms with Crippen molar-refractivity contribution in [1.29, 1.82) is 0 Å². The molecule has 0 atom stereocenters. The molecule has 1 aromatic carbocycles. The Hall–Kier alpha value is -2.63. The van der Waals surface area contributed by atoms with Crippen LogP contribution in [0.2, 0.25) is 0 Å². The lowest BCUT2D eigenvalue weighted by Gasteiger charge is -2.13. The van der Waals surface area contributed by atoms with E-state index in [4.69, 9.17) is 0 Å². The minimum atomic E-state index is -0.691.